The van der Waals surface area contributed by atoms with E-state index in [1.807, 2.05) is 17.5 Å². The second kappa shape index (κ2) is 8.81. The summed E-state index contributed by atoms with van der Waals surface area (Å²) in [7, 11) is 0. The van der Waals surface area contributed by atoms with Crippen LogP contribution in [0.3, 0.4) is 0 Å². The molecule has 8 heteroatoms. The fraction of sp³-hybridized carbons (Fsp3) is 0.333. The molecule has 1 aliphatic rings. The number of thiophene rings is 2. The van der Waals surface area contributed by atoms with E-state index >= 15 is 0 Å². The van der Waals surface area contributed by atoms with Crippen LogP contribution in [0.25, 0.3) is 6.08 Å². The second-order valence-electron chi connectivity index (χ2n) is 6.22. The van der Waals surface area contributed by atoms with Crippen molar-refractivity contribution < 1.29 is 9.59 Å². The van der Waals surface area contributed by atoms with Crippen molar-refractivity contribution in [3.8, 4) is 0 Å². The molecular weight excluding hydrogens is 390 g/mol. The van der Waals surface area contributed by atoms with Crippen molar-refractivity contribution in [1.82, 2.24) is 4.90 Å². The van der Waals surface area contributed by atoms with Crippen LogP contribution >= 0.6 is 35.1 Å². The summed E-state index contributed by atoms with van der Waals surface area (Å²) in [6, 6.07) is 4.31. The van der Waals surface area contributed by atoms with E-state index < -0.39 is 5.91 Å². The average Bonchev–Trinajstić information content (AvgIpc) is 3.19. The molecule has 0 unspecified atom stereocenters. The Morgan fingerprint density at radius 1 is 1.38 bits per heavy atom. The molecule has 0 saturated heterocycles. The quantitative estimate of drug-likeness (QED) is 0.735. The number of nitrogens with one attached hydrogen (secondary N) is 1. The van der Waals surface area contributed by atoms with Gasteiger partial charge in [-0.05, 0) is 43.4 Å². The van der Waals surface area contributed by atoms with E-state index in [4.69, 9.17) is 5.73 Å². The summed E-state index contributed by atoms with van der Waals surface area (Å²) in [6.45, 7) is 6.00. The highest BCUT2D eigenvalue weighted by Crippen LogP contribution is 2.37. The molecule has 0 fully saturated rings. The summed E-state index contributed by atoms with van der Waals surface area (Å²) in [4.78, 5) is 28.6. The summed E-state index contributed by atoms with van der Waals surface area (Å²) in [5.74, 6) is -0.733. The number of hydrogen-bond donors (Lipinski definition) is 2. The van der Waals surface area contributed by atoms with Gasteiger partial charge in [-0.2, -0.15) is 0 Å². The monoisotopic (exact) mass is 411 g/mol. The number of anilines is 1. The standard InChI is InChI=1S/C18H21N3O2S2.ClH/c1-11(2)21-8-7-13-14(10-21)25-18(16(13)17(19)23)20-15(22)6-5-12-4-3-9-24-12;/h3-6,9,11H,7-8,10H2,1-2H3,(H2,19,23)(H,20,22);1H/b6-5+;. The van der Waals surface area contributed by atoms with Crippen molar-refractivity contribution >= 4 is 58.0 Å². The van der Waals surface area contributed by atoms with Gasteiger partial charge in [-0.3, -0.25) is 14.5 Å². The highest BCUT2D eigenvalue weighted by atomic mass is 35.5. The molecule has 3 N–H and O–H groups in total. The minimum atomic E-state index is -0.479. The largest absolute Gasteiger partial charge is 0.365 e. The summed E-state index contributed by atoms with van der Waals surface area (Å²) in [5, 5.41) is 5.35. The van der Waals surface area contributed by atoms with Crippen LogP contribution in [0, 0.1) is 0 Å². The molecule has 2 aromatic heterocycles. The number of rotatable bonds is 5. The lowest BCUT2D eigenvalue weighted by molar-refractivity contribution is -0.111. The van der Waals surface area contributed by atoms with E-state index in [-0.39, 0.29) is 18.3 Å². The van der Waals surface area contributed by atoms with Gasteiger partial charge in [-0.25, -0.2) is 0 Å². The Morgan fingerprint density at radius 3 is 2.77 bits per heavy atom. The Bertz CT molecular complexity index is 813. The normalized spacial score (nSPS) is 14.3. The number of halogens is 1. The maximum Gasteiger partial charge on any atom is 0.251 e. The van der Waals surface area contributed by atoms with Crippen molar-refractivity contribution in [3.05, 3.63) is 44.5 Å². The van der Waals surface area contributed by atoms with E-state index in [2.05, 4.69) is 24.1 Å². The highest BCUT2D eigenvalue weighted by molar-refractivity contribution is 7.17. The molecule has 3 heterocycles. The average molecular weight is 412 g/mol. The zero-order valence-corrected chi connectivity index (χ0v) is 17.1. The maximum atomic E-state index is 12.2. The van der Waals surface area contributed by atoms with Gasteiger partial charge in [0.2, 0.25) is 5.91 Å². The first-order chi connectivity index (χ1) is 12.0. The third-order valence-electron chi connectivity index (χ3n) is 4.24. The molecule has 3 rings (SSSR count). The first kappa shape index (κ1) is 20.6. The predicted octanol–water partition coefficient (Wildman–Crippen LogP) is 3.75. The molecule has 2 aromatic rings. The number of fused-ring (bicyclic) bond motifs is 1. The Kier molecular flexibility index (Phi) is 7.00. The smallest absolute Gasteiger partial charge is 0.251 e. The van der Waals surface area contributed by atoms with Gasteiger partial charge in [0.1, 0.15) is 5.00 Å². The van der Waals surface area contributed by atoms with Gasteiger partial charge in [0.05, 0.1) is 5.56 Å². The third kappa shape index (κ3) is 4.54. The van der Waals surface area contributed by atoms with Crippen molar-refractivity contribution in [2.45, 2.75) is 32.9 Å². The molecule has 5 nitrogen and oxygen atoms in total. The van der Waals surface area contributed by atoms with Gasteiger partial charge in [0.15, 0.2) is 0 Å². The number of carbonyl (C=O) groups excluding carboxylic acids is 2. The molecule has 0 atom stereocenters. The Hall–Kier alpha value is -1.67. The summed E-state index contributed by atoms with van der Waals surface area (Å²) in [6.07, 6.45) is 4.02. The number of nitrogens with two attached hydrogens (primary N) is 1. The Balaban J connectivity index is 0.00000243. The van der Waals surface area contributed by atoms with Gasteiger partial charge in [0.25, 0.3) is 5.91 Å². The van der Waals surface area contributed by atoms with Gasteiger partial charge >= 0.3 is 0 Å². The van der Waals surface area contributed by atoms with E-state index in [1.165, 1.54) is 17.4 Å². The summed E-state index contributed by atoms with van der Waals surface area (Å²) < 4.78 is 0. The zero-order valence-electron chi connectivity index (χ0n) is 14.7. The van der Waals surface area contributed by atoms with Crippen molar-refractivity contribution in [1.29, 1.82) is 0 Å². The lowest BCUT2D eigenvalue weighted by Gasteiger charge is -2.30. The minimum Gasteiger partial charge on any atom is -0.365 e. The van der Waals surface area contributed by atoms with Crippen LogP contribution in [-0.4, -0.2) is 29.3 Å². The van der Waals surface area contributed by atoms with Crippen molar-refractivity contribution in [2.24, 2.45) is 5.73 Å². The van der Waals surface area contributed by atoms with Crippen LogP contribution in [0.2, 0.25) is 0 Å². The molecule has 0 aliphatic carbocycles. The van der Waals surface area contributed by atoms with Crippen molar-refractivity contribution in [3.63, 3.8) is 0 Å². The minimum absolute atomic E-state index is 0. The molecular formula is C18H22ClN3O2S2. The van der Waals surface area contributed by atoms with E-state index in [1.54, 1.807) is 17.4 Å². The zero-order chi connectivity index (χ0) is 18.0. The second-order valence-corrected chi connectivity index (χ2v) is 8.31. The highest BCUT2D eigenvalue weighted by Gasteiger charge is 2.28. The van der Waals surface area contributed by atoms with Crippen LogP contribution in [0.5, 0.6) is 0 Å². The maximum absolute atomic E-state index is 12.2. The number of carbonyl (C=O) groups is 2. The van der Waals surface area contributed by atoms with Crippen LogP contribution in [0.4, 0.5) is 5.00 Å². The van der Waals surface area contributed by atoms with Gasteiger partial charge in [0, 0.05) is 35.0 Å². The van der Waals surface area contributed by atoms with E-state index in [0.717, 1.165) is 34.8 Å². The number of hydrogen-bond acceptors (Lipinski definition) is 5. The summed E-state index contributed by atoms with van der Waals surface area (Å²) >= 11 is 3.02. The first-order valence-electron chi connectivity index (χ1n) is 8.16. The molecule has 2 amide bonds. The predicted molar refractivity (Wildman–Crippen MR) is 111 cm³/mol. The Labute approximate surface area is 167 Å². The van der Waals surface area contributed by atoms with Gasteiger partial charge < -0.3 is 11.1 Å². The van der Waals surface area contributed by atoms with Gasteiger partial charge in [-0.15, -0.1) is 35.1 Å². The van der Waals surface area contributed by atoms with E-state index in [9.17, 15) is 9.59 Å². The number of primary amides is 1. The van der Waals surface area contributed by atoms with Crippen LogP contribution in [0.1, 0.15) is 39.5 Å². The first-order valence-corrected chi connectivity index (χ1v) is 9.86. The molecule has 0 aromatic carbocycles. The fourth-order valence-electron chi connectivity index (χ4n) is 2.91. The molecule has 26 heavy (non-hydrogen) atoms. The summed E-state index contributed by atoms with van der Waals surface area (Å²) in [5.41, 5.74) is 7.06. The molecule has 0 radical (unpaired) electrons. The van der Waals surface area contributed by atoms with Crippen molar-refractivity contribution in [2.75, 3.05) is 11.9 Å². The molecule has 0 bridgehead atoms. The molecule has 0 spiro atoms. The van der Waals surface area contributed by atoms with E-state index in [0.29, 0.717) is 16.6 Å². The van der Waals surface area contributed by atoms with Crippen LogP contribution in [-0.2, 0) is 17.8 Å². The molecule has 1 aliphatic heterocycles. The number of amides is 2. The third-order valence-corrected chi connectivity index (χ3v) is 6.21. The molecule has 140 valence electrons. The Morgan fingerprint density at radius 2 is 2.15 bits per heavy atom. The lowest BCUT2D eigenvalue weighted by Crippen LogP contribution is -2.35. The van der Waals surface area contributed by atoms with Crippen LogP contribution < -0.4 is 11.1 Å². The molecule has 0 saturated carbocycles. The number of nitrogens with zero attached hydrogens (tertiary/aromatic N) is 1. The lowest BCUT2D eigenvalue weighted by atomic mass is 10.0. The van der Waals surface area contributed by atoms with Crippen LogP contribution in [0.15, 0.2) is 23.6 Å². The van der Waals surface area contributed by atoms with Gasteiger partial charge in [-0.1, -0.05) is 6.07 Å². The fourth-order valence-corrected chi connectivity index (χ4v) is 4.81. The SMILES string of the molecule is CC(C)N1CCc2c(sc(NC(=O)/C=C/c3cccs3)c2C(N)=O)C1.Cl. The topological polar surface area (TPSA) is 75.4 Å².